The molecular formula is C15H12Br2ClNO. The standard InChI is InChI=1S/C15H12Br2ClNO/c1-9-13(18)4-3-5-14(9)19-8-10-6-11(16)15(20-2)12(17)7-10/h3-8H,1-2H3. The van der Waals surface area contributed by atoms with Crippen molar-refractivity contribution in [2.45, 2.75) is 6.92 Å². The van der Waals surface area contributed by atoms with Gasteiger partial charge in [0.1, 0.15) is 5.75 Å². The first-order valence-corrected chi connectivity index (χ1v) is 7.81. The molecule has 2 aromatic rings. The van der Waals surface area contributed by atoms with Gasteiger partial charge in [0.05, 0.1) is 21.7 Å². The van der Waals surface area contributed by atoms with Gasteiger partial charge in [-0.15, -0.1) is 0 Å². The maximum absolute atomic E-state index is 6.08. The number of hydrogen-bond acceptors (Lipinski definition) is 2. The minimum atomic E-state index is 0.719. The number of rotatable bonds is 3. The highest BCUT2D eigenvalue weighted by Gasteiger charge is 2.07. The fourth-order valence-corrected chi connectivity index (χ4v) is 3.44. The summed E-state index contributed by atoms with van der Waals surface area (Å²) < 4.78 is 7.02. The topological polar surface area (TPSA) is 21.6 Å². The van der Waals surface area contributed by atoms with Crippen molar-refractivity contribution >= 4 is 55.4 Å². The molecule has 2 nitrogen and oxygen atoms in total. The van der Waals surface area contributed by atoms with Gasteiger partial charge in [0.25, 0.3) is 0 Å². The van der Waals surface area contributed by atoms with Crippen LogP contribution in [0.3, 0.4) is 0 Å². The zero-order valence-electron chi connectivity index (χ0n) is 11.0. The van der Waals surface area contributed by atoms with Gasteiger partial charge in [-0.2, -0.15) is 0 Å². The van der Waals surface area contributed by atoms with E-state index in [1.54, 1.807) is 13.3 Å². The van der Waals surface area contributed by atoms with E-state index in [9.17, 15) is 0 Å². The molecule has 0 fully saturated rings. The Balaban J connectivity index is 2.35. The molecule has 2 rings (SSSR count). The van der Waals surface area contributed by atoms with Crippen molar-refractivity contribution in [3.63, 3.8) is 0 Å². The lowest BCUT2D eigenvalue weighted by atomic mass is 10.2. The van der Waals surface area contributed by atoms with E-state index < -0.39 is 0 Å². The number of ether oxygens (including phenoxy) is 1. The van der Waals surface area contributed by atoms with Gasteiger partial charge in [0.2, 0.25) is 0 Å². The number of halogens is 3. The Bertz CT molecular complexity index is 648. The molecule has 0 aromatic heterocycles. The first-order valence-electron chi connectivity index (χ1n) is 5.85. The van der Waals surface area contributed by atoms with Crippen LogP contribution in [-0.2, 0) is 0 Å². The van der Waals surface area contributed by atoms with Crippen molar-refractivity contribution in [2.75, 3.05) is 7.11 Å². The van der Waals surface area contributed by atoms with E-state index in [1.807, 2.05) is 37.3 Å². The lowest BCUT2D eigenvalue weighted by molar-refractivity contribution is 0.409. The smallest absolute Gasteiger partial charge is 0.147 e. The van der Waals surface area contributed by atoms with Crippen molar-refractivity contribution in [3.05, 3.63) is 55.4 Å². The van der Waals surface area contributed by atoms with E-state index in [0.29, 0.717) is 0 Å². The third-order valence-corrected chi connectivity index (χ3v) is 4.40. The maximum Gasteiger partial charge on any atom is 0.147 e. The van der Waals surface area contributed by atoms with E-state index in [2.05, 4.69) is 36.9 Å². The summed E-state index contributed by atoms with van der Waals surface area (Å²) in [6, 6.07) is 9.59. The van der Waals surface area contributed by atoms with E-state index >= 15 is 0 Å². The molecule has 0 spiro atoms. The summed E-state index contributed by atoms with van der Waals surface area (Å²) in [5.74, 6) is 0.765. The SMILES string of the molecule is COc1c(Br)cc(C=Nc2cccc(Cl)c2C)cc1Br. The Kier molecular flexibility index (Phi) is 5.24. The Morgan fingerprint density at radius 2 is 1.85 bits per heavy atom. The van der Waals surface area contributed by atoms with Crippen molar-refractivity contribution in [1.82, 2.24) is 0 Å². The Morgan fingerprint density at radius 1 is 1.20 bits per heavy atom. The maximum atomic E-state index is 6.08. The predicted molar refractivity (Wildman–Crippen MR) is 91.8 cm³/mol. The molecule has 0 aliphatic rings. The van der Waals surface area contributed by atoms with Gasteiger partial charge in [-0.3, -0.25) is 4.99 Å². The average molecular weight is 418 g/mol. The Morgan fingerprint density at radius 3 is 2.45 bits per heavy atom. The van der Waals surface area contributed by atoms with Crippen molar-refractivity contribution in [2.24, 2.45) is 4.99 Å². The van der Waals surface area contributed by atoms with Crippen LogP contribution in [-0.4, -0.2) is 13.3 Å². The van der Waals surface area contributed by atoms with Gasteiger partial charge in [-0.05, 0) is 74.2 Å². The molecule has 0 amide bonds. The molecule has 0 saturated carbocycles. The molecule has 0 aliphatic heterocycles. The van der Waals surface area contributed by atoms with Crippen LogP contribution in [0.2, 0.25) is 5.02 Å². The van der Waals surface area contributed by atoms with Gasteiger partial charge >= 0.3 is 0 Å². The highest BCUT2D eigenvalue weighted by molar-refractivity contribution is 9.11. The van der Waals surface area contributed by atoms with Crippen LogP contribution >= 0.6 is 43.5 Å². The van der Waals surface area contributed by atoms with Gasteiger partial charge in [0.15, 0.2) is 0 Å². The number of nitrogens with zero attached hydrogens (tertiary/aromatic N) is 1. The molecule has 20 heavy (non-hydrogen) atoms. The summed E-state index contributed by atoms with van der Waals surface area (Å²) in [5.41, 5.74) is 2.79. The summed E-state index contributed by atoms with van der Waals surface area (Å²) in [6.45, 7) is 1.95. The second-order valence-electron chi connectivity index (χ2n) is 4.16. The van der Waals surface area contributed by atoms with E-state index in [0.717, 1.165) is 36.5 Å². The van der Waals surface area contributed by atoms with Crippen LogP contribution in [0.5, 0.6) is 5.75 Å². The van der Waals surface area contributed by atoms with E-state index in [-0.39, 0.29) is 0 Å². The number of hydrogen-bond donors (Lipinski definition) is 0. The lowest BCUT2D eigenvalue weighted by Crippen LogP contribution is -1.89. The van der Waals surface area contributed by atoms with Crippen LogP contribution in [0.4, 0.5) is 5.69 Å². The molecule has 104 valence electrons. The molecule has 0 unspecified atom stereocenters. The number of aliphatic imine (C=N–C) groups is 1. The third-order valence-electron chi connectivity index (χ3n) is 2.82. The molecule has 0 radical (unpaired) electrons. The largest absolute Gasteiger partial charge is 0.494 e. The van der Waals surface area contributed by atoms with Gasteiger partial charge in [-0.1, -0.05) is 17.7 Å². The van der Waals surface area contributed by atoms with Gasteiger partial charge in [0, 0.05) is 11.2 Å². The summed E-state index contributed by atoms with van der Waals surface area (Å²) in [5, 5.41) is 0.719. The minimum Gasteiger partial charge on any atom is -0.494 e. The first kappa shape index (κ1) is 15.5. The molecule has 0 atom stereocenters. The second-order valence-corrected chi connectivity index (χ2v) is 6.28. The summed E-state index contributed by atoms with van der Waals surface area (Å²) in [4.78, 5) is 4.48. The summed E-state index contributed by atoms with van der Waals surface area (Å²) in [7, 11) is 1.63. The van der Waals surface area contributed by atoms with Crippen molar-refractivity contribution in [3.8, 4) is 5.75 Å². The average Bonchev–Trinajstić information content (AvgIpc) is 2.40. The molecule has 0 heterocycles. The molecular weight excluding hydrogens is 405 g/mol. The first-order chi connectivity index (χ1) is 9.52. The van der Waals surface area contributed by atoms with Crippen LogP contribution < -0.4 is 4.74 Å². The van der Waals surface area contributed by atoms with Crippen LogP contribution in [0.1, 0.15) is 11.1 Å². The van der Waals surface area contributed by atoms with Crippen LogP contribution in [0.15, 0.2) is 44.3 Å². The highest BCUT2D eigenvalue weighted by atomic mass is 79.9. The quantitative estimate of drug-likeness (QED) is 0.567. The molecule has 5 heteroatoms. The summed E-state index contributed by atoms with van der Waals surface area (Å²) in [6.07, 6.45) is 1.80. The molecule has 0 bridgehead atoms. The highest BCUT2D eigenvalue weighted by Crippen LogP contribution is 2.34. The zero-order chi connectivity index (χ0) is 14.7. The monoisotopic (exact) mass is 415 g/mol. The zero-order valence-corrected chi connectivity index (χ0v) is 14.9. The fourth-order valence-electron chi connectivity index (χ4n) is 1.73. The Hall–Kier alpha value is -0.840. The minimum absolute atomic E-state index is 0.719. The van der Waals surface area contributed by atoms with E-state index in [1.165, 1.54) is 0 Å². The number of methoxy groups -OCH3 is 1. The Labute approximate surface area is 140 Å². The number of benzene rings is 2. The van der Waals surface area contributed by atoms with Crippen molar-refractivity contribution in [1.29, 1.82) is 0 Å². The lowest BCUT2D eigenvalue weighted by Gasteiger charge is -2.07. The van der Waals surface area contributed by atoms with Crippen LogP contribution in [0, 0.1) is 6.92 Å². The van der Waals surface area contributed by atoms with Crippen LogP contribution in [0.25, 0.3) is 0 Å². The van der Waals surface area contributed by atoms with E-state index in [4.69, 9.17) is 16.3 Å². The molecule has 2 aromatic carbocycles. The molecule has 0 saturated heterocycles. The van der Waals surface area contributed by atoms with Crippen molar-refractivity contribution < 1.29 is 4.74 Å². The van der Waals surface area contributed by atoms with Gasteiger partial charge < -0.3 is 4.74 Å². The normalized spacial score (nSPS) is 11.1. The molecule has 0 N–H and O–H groups in total. The third kappa shape index (κ3) is 3.43. The molecule has 0 aliphatic carbocycles. The van der Waals surface area contributed by atoms with Gasteiger partial charge in [-0.25, -0.2) is 0 Å². The predicted octanol–water partition coefficient (Wildman–Crippen LogP) is 5.93. The summed E-state index contributed by atoms with van der Waals surface area (Å²) >= 11 is 13.0. The second kappa shape index (κ2) is 6.74. The fraction of sp³-hybridized carbons (Fsp3) is 0.133.